The molecular weight excluding hydrogens is 278 g/mol. The molecule has 0 radical (unpaired) electrons. The highest BCUT2D eigenvalue weighted by Gasteiger charge is 2.27. The van der Waals surface area contributed by atoms with Crippen LogP contribution in [-0.2, 0) is 10.0 Å². The first-order valence-corrected chi connectivity index (χ1v) is 6.38. The average Bonchev–Trinajstić information content (AvgIpc) is 2.34. The van der Waals surface area contributed by atoms with E-state index in [2.05, 4.69) is 5.32 Å². The van der Waals surface area contributed by atoms with Crippen LogP contribution in [0.2, 0.25) is 0 Å². The molecule has 0 spiro atoms. The van der Waals surface area contributed by atoms with Crippen LogP contribution < -0.4 is 15.2 Å². The van der Waals surface area contributed by atoms with Crippen molar-refractivity contribution in [1.82, 2.24) is 5.32 Å². The Kier molecular flexibility index (Phi) is 4.07. The molecule has 1 rings (SSSR count). The number of rotatable bonds is 4. The number of hydrogen-bond acceptors (Lipinski definition) is 6. The summed E-state index contributed by atoms with van der Waals surface area (Å²) < 4.78 is 27.5. The second-order valence-electron chi connectivity index (χ2n) is 3.41. The Labute approximate surface area is 108 Å². The molecule has 1 amide bonds. The number of carbonyl (C=O) groups is 1. The third-order valence-electron chi connectivity index (χ3n) is 2.23. The number of hydrogen-bond donors (Lipinski definition) is 2. The fourth-order valence-electron chi connectivity index (χ4n) is 1.42. The van der Waals surface area contributed by atoms with Crippen molar-refractivity contribution >= 4 is 21.6 Å². The predicted molar refractivity (Wildman–Crippen MR) is 64.4 cm³/mol. The fourth-order valence-corrected chi connectivity index (χ4v) is 2.15. The lowest BCUT2D eigenvalue weighted by molar-refractivity contribution is -0.386. The highest BCUT2D eigenvalue weighted by molar-refractivity contribution is 7.89. The summed E-state index contributed by atoms with van der Waals surface area (Å²) in [6, 6.07) is 1.83. The summed E-state index contributed by atoms with van der Waals surface area (Å²) in [6.45, 7) is 0. The molecular formula is C9H11N3O6S. The molecule has 9 nitrogen and oxygen atoms in total. The van der Waals surface area contributed by atoms with E-state index in [1.54, 1.807) is 0 Å². The molecule has 3 N–H and O–H groups in total. The number of nitrogens with two attached hydrogens (primary N) is 1. The second kappa shape index (κ2) is 5.20. The fraction of sp³-hybridized carbons (Fsp3) is 0.222. The van der Waals surface area contributed by atoms with Gasteiger partial charge in [-0.3, -0.25) is 14.9 Å². The lowest BCUT2D eigenvalue weighted by atomic mass is 10.1. The number of nitro groups is 1. The molecule has 10 heteroatoms. The molecule has 1 aromatic rings. The number of nitrogens with one attached hydrogen (secondary N) is 1. The number of sulfonamides is 1. The number of ether oxygens (including phenoxy) is 1. The number of carbonyl (C=O) groups excluding carboxylic acids is 1. The van der Waals surface area contributed by atoms with Gasteiger partial charge in [0.25, 0.3) is 5.91 Å². The van der Waals surface area contributed by atoms with Crippen LogP contribution in [0.15, 0.2) is 17.0 Å². The molecule has 1 aromatic carbocycles. The van der Waals surface area contributed by atoms with E-state index in [9.17, 15) is 23.3 Å². The quantitative estimate of drug-likeness (QED) is 0.571. The largest absolute Gasteiger partial charge is 0.489 e. The van der Waals surface area contributed by atoms with E-state index in [0.717, 1.165) is 19.2 Å². The Morgan fingerprint density at radius 1 is 1.47 bits per heavy atom. The maximum atomic E-state index is 11.5. The van der Waals surface area contributed by atoms with E-state index < -0.39 is 37.2 Å². The van der Waals surface area contributed by atoms with Gasteiger partial charge in [0.2, 0.25) is 15.8 Å². The van der Waals surface area contributed by atoms with Crippen molar-refractivity contribution in [2.45, 2.75) is 4.90 Å². The summed E-state index contributed by atoms with van der Waals surface area (Å²) in [5.74, 6) is -1.20. The van der Waals surface area contributed by atoms with Gasteiger partial charge in [-0.1, -0.05) is 0 Å². The normalized spacial score (nSPS) is 10.9. The van der Waals surface area contributed by atoms with Crippen LogP contribution in [0.5, 0.6) is 5.75 Å². The molecule has 0 heterocycles. The highest BCUT2D eigenvalue weighted by atomic mass is 32.2. The molecule has 0 atom stereocenters. The van der Waals surface area contributed by atoms with Crippen LogP contribution in [-0.4, -0.2) is 33.4 Å². The predicted octanol–water partition coefficient (Wildman–Crippen LogP) is -0.390. The van der Waals surface area contributed by atoms with Crippen molar-refractivity contribution in [2.75, 3.05) is 14.2 Å². The lowest BCUT2D eigenvalue weighted by Crippen LogP contribution is -2.20. The molecule has 104 valence electrons. The Bertz CT molecular complexity index is 640. The zero-order valence-electron chi connectivity index (χ0n) is 10.0. The smallest absolute Gasteiger partial charge is 0.313 e. The first-order valence-electron chi connectivity index (χ1n) is 4.83. The molecule has 0 bridgehead atoms. The zero-order chi connectivity index (χ0) is 14.8. The van der Waals surface area contributed by atoms with E-state index in [1.165, 1.54) is 7.05 Å². The van der Waals surface area contributed by atoms with E-state index in [-0.39, 0.29) is 5.56 Å². The van der Waals surface area contributed by atoms with E-state index in [4.69, 9.17) is 9.88 Å². The van der Waals surface area contributed by atoms with Crippen LogP contribution >= 0.6 is 0 Å². The maximum Gasteiger partial charge on any atom is 0.313 e. The summed E-state index contributed by atoms with van der Waals surface area (Å²) in [7, 11) is -1.91. The summed E-state index contributed by atoms with van der Waals surface area (Å²) in [5.41, 5.74) is -0.869. The first kappa shape index (κ1) is 14.9. The Morgan fingerprint density at radius 2 is 2.05 bits per heavy atom. The van der Waals surface area contributed by atoms with Crippen molar-refractivity contribution < 1.29 is 22.9 Å². The SMILES string of the molecule is CNC(=O)c1cc([N+](=O)[O-])c(OC)c(S(N)(=O)=O)c1. The van der Waals surface area contributed by atoms with Gasteiger partial charge in [0.05, 0.1) is 12.0 Å². The second-order valence-corrected chi connectivity index (χ2v) is 4.94. The van der Waals surface area contributed by atoms with Crippen LogP contribution in [0.25, 0.3) is 0 Å². The molecule has 0 aromatic heterocycles. The molecule has 19 heavy (non-hydrogen) atoms. The highest BCUT2D eigenvalue weighted by Crippen LogP contribution is 2.34. The Hall–Kier alpha value is -2.20. The lowest BCUT2D eigenvalue weighted by Gasteiger charge is -2.09. The van der Waals surface area contributed by atoms with Gasteiger partial charge in [-0.25, -0.2) is 13.6 Å². The standard InChI is InChI=1S/C9H11N3O6S/c1-11-9(13)5-3-6(12(14)15)8(18-2)7(4-5)19(10,16)17/h3-4H,1-2H3,(H,11,13)(H2,10,16,17). The van der Waals surface area contributed by atoms with Gasteiger partial charge in [-0.05, 0) is 6.07 Å². The molecule has 0 fully saturated rings. The number of methoxy groups -OCH3 is 1. The van der Waals surface area contributed by atoms with Crippen molar-refractivity contribution in [2.24, 2.45) is 5.14 Å². The summed E-state index contributed by atoms with van der Waals surface area (Å²) in [4.78, 5) is 20.9. The van der Waals surface area contributed by atoms with E-state index in [1.807, 2.05) is 0 Å². The van der Waals surface area contributed by atoms with Crippen molar-refractivity contribution in [3.8, 4) is 5.75 Å². The number of primary sulfonamides is 1. The average molecular weight is 289 g/mol. The van der Waals surface area contributed by atoms with Crippen molar-refractivity contribution in [1.29, 1.82) is 0 Å². The van der Waals surface area contributed by atoms with Crippen LogP contribution in [0.1, 0.15) is 10.4 Å². The molecule has 0 aliphatic carbocycles. The molecule has 0 saturated heterocycles. The van der Waals surface area contributed by atoms with E-state index in [0.29, 0.717) is 0 Å². The maximum absolute atomic E-state index is 11.5. The zero-order valence-corrected chi connectivity index (χ0v) is 10.9. The van der Waals surface area contributed by atoms with Gasteiger partial charge in [0.15, 0.2) is 0 Å². The minimum atomic E-state index is -4.28. The minimum absolute atomic E-state index is 0.209. The number of amides is 1. The number of nitrogens with zero attached hydrogens (tertiary/aromatic N) is 1. The summed E-state index contributed by atoms with van der Waals surface area (Å²) in [6.07, 6.45) is 0. The van der Waals surface area contributed by atoms with E-state index >= 15 is 0 Å². The van der Waals surface area contributed by atoms with Crippen LogP contribution in [0.3, 0.4) is 0 Å². The van der Waals surface area contributed by atoms with Gasteiger partial charge in [0, 0.05) is 18.7 Å². The van der Waals surface area contributed by atoms with Gasteiger partial charge in [-0.2, -0.15) is 0 Å². The summed E-state index contributed by atoms with van der Waals surface area (Å²) in [5, 5.41) is 18.1. The van der Waals surface area contributed by atoms with Crippen LogP contribution in [0, 0.1) is 10.1 Å². The topological polar surface area (TPSA) is 142 Å². The third kappa shape index (κ3) is 2.98. The first-order chi connectivity index (χ1) is 8.72. The molecule has 0 saturated carbocycles. The Morgan fingerprint density at radius 3 is 2.42 bits per heavy atom. The van der Waals surface area contributed by atoms with Crippen molar-refractivity contribution in [3.63, 3.8) is 0 Å². The van der Waals surface area contributed by atoms with Gasteiger partial charge < -0.3 is 10.1 Å². The monoisotopic (exact) mass is 289 g/mol. The number of nitro benzene ring substituents is 1. The third-order valence-corrected chi connectivity index (χ3v) is 3.15. The van der Waals surface area contributed by atoms with Gasteiger partial charge in [-0.15, -0.1) is 0 Å². The molecule has 0 unspecified atom stereocenters. The number of benzene rings is 1. The minimum Gasteiger partial charge on any atom is -0.489 e. The van der Waals surface area contributed by atoms with Gasteiger partial charge in [0.1, 0.15) is 4.90 Å². The molecule has 0 aliphatic heterocycles. The summed E-state index contributed by atoms with van der Waals surface area (Å²) >= 11 is 0. The van der Waals surface area contributed by atoms with Gasteiger partial charge >= 0.3 is 5.69 Å². The molecule has 0 aliphatic rings. The van der Waals surface area contributed by atoms with Crippen molar-refractivity contribution in [3.05, 3.63) is 27.8 Å². The Balaban J connectivity index is 3.74. The van der Waals surface area contributed by atoms with Crippen LogP contribution in [0.4, 0.5) is 5.69 Å².